The maximum absolute atomic E-state index is 12.1. The van der Waals surface area contributed by atoms with Crippen LogP contribution in [0.25, 0.3) is 0 Å². The lowest BCUT2D eigenvalue weighted by molar-refractivity contribution is 0.656. The first-order valence-electron chi connectivity index (χ1n) is 6.18. The summed E-state index contributed by atoms with van der Waals surface area (Å²) in [5.41, 5.74) is 1.10. The van der Waals surface area contributed by atoms with E-state index in [1.165, 1.54) is 0 Å². The van der Waals surface area contributed by atoms with Gasteiger partial charge in [0.15, 0.2) is 0 Å². The maximum Gasteiger partial charge on any atom is 0.328 e. The van der Waals surface area contributed by atoms with Crippen LogP contribution in [0.3, 0.4) is 0 Å². The van der Waals surface area contributed by atoms with Gasteiger partial charge in [-0.1, -0.05) is 6.07 Å². The van der Waals surface area contributed by atoms with Gasteiger partial charge in [-0.05, 0) is 18.9 Å². The molecule has 2 aromatic heterocycles. The van der Waals surface area contributed by atoms with Gasteiger partial charge in [0.25, 0.3) is 0 Å². The summed E-state index contributed by atoms with van der Waals surface area (Å²) >= 11 is 0. The van der Waals surface area contributed by atoms with Crippen LogP contribution < -0.4 is 11.0 Å². The summed E-state index contributed by atoms with van der Waals surface area (Å²) in [5, 5.41) is 3.04. The van der Waals surface area contributed by atoms with Crippen molar-refractivity contribution >= 4 is 5.82 Å². The van der Waals surface area contributed by atoms with Gasteiger partial charge >= 0.3 is 5.69 Å². The lowest BCUT2D eigenvalue weighted by atomic mass is 10.2. The summed E-state index contributed by atoms with van der Waals surface area (Å²) in [4.78, 5) is 16.4. The van der Waals surface area contributed by atoms with Crippen molar-refractivity contribution in [1.82, 2.24) is 14.1 Å². The number of imidazole rings is 1. The van der Waals surface area contributed by atoms with E-state index >= 15 is 0 Å². The highest BCUT2D eigenvalue weighted by Crippen LogP contribution is 2.33. The van der Waals surface area contributed by atoms with Crippen LogP contribution in [0.5, 0.6) is 0 Å². The Balaban J connectivity index is 1.90. The van der Waals surface area contributed by atoms with Crippen molar-refractivity contribution in [3.8, 4) is 0 Å². The predicted molar refractivity (Wildman–Crippen MR) is 69.8 cm³/mol. The topological polar surface area (TPSA) is 51.9 Å². The summed E-state index contributed by atoms with van der Waals surface area (Å²) in [7, 11) is 1.84. The van der Waals surface area contributed by atoms with Crippen LogP contribution >= 0.6 is 0 Å². The highest BCUT2D eigenvalue weighted by Gasteiger charge is 2.25. The number of nitrogens with zero attached hydrogens (tertiary/aromatic N) is 3. The van der Waals surface area contributed by atoms with Gasteiger partial charge in [0, 0.05) is 37.2 Å². The lowest BCUT2D eigenvalue weighted by Crippen LogP contribution is -2.24. The van der Waals surface area contributed by atoms with Crippen molar-refractivity contribution in [1.29, 1.82) is 0 Å². The molecule has 0 unspecified atom stereocenters. The Morgan fingerprint density at radius 2 is 2.28 bits per heavy atom. The van der Waals surface area contributed by atoms with Gasteiger partial charge in [0.2, 0.25) is 0 Å². The monoisotopic (exact) mass is 244 g/mol. The van der Waals surface area contributed by atoms with Crippen molar-refractivity contribution in [2.45, 2.75) is 25.4 Å². The SMILES string of the molecule is CNc1ncccc1Cn1ccn(C2CC2)c1=O. The zero-order chi connectivity index (χ0) is 12.5. The van der Waals surface area contributed by atoms with Crippen molar-refractivity contribution in [2.75, 3.05) is 12.4 Å². The summed E-state index contributed by atoms with van der Waals surface area (Å²) in [6.45, 7) is 0.558. The van der Waals surface area contributed by atoms with Crippen LogP contribution in [-0.4, -0.2) is 21.2 Å². The fraction of sp³-hybridized carbons (Fsp3) is 0.385. The average molecular weight is 244 g/mol. The molecule has 0 aromatic carbocycles. The average Bonchev–Trinajstić information content (AvgIpc) is 3.17. The van der Waals surface area contributed by atoms with Crippen LogP contribution in [0.1, 0.15) is 24.4 Å². The first-order valence-corrected chi connectivity index (χ1v) is 6.18. The van der Waals surface area contributed by atoms with E-state index in [1.807, 2.05) is 36.1 Å². The van der Waals surface area contributed by atoms with Gasteiger partial charge in [-0.3, -0.25) is 9.13 Å². The van der Waals surface area contributed by atoms with Crippen molar-refractivity contribution < 1.29 is 0 Å². The standard InChI is InChI=1S/C13H16N4O/c1-14-12-10(3-2-6-15-12)9-16-7-8-17(13(16)18)11-4-5-11/h2-3,6-8,11H,4-5,9H2,1H3,(H,14,15). The predicted octanol–water partition coefficient (Wildman–Crippen LogP) is 1.47. The highest BCUT2D eigenvalue weighted by atomic mass is 16.1. The molecule has 5 heteroatoms. The number of nitrogens with one attached hydrogen (secondary N) is 1. The maximum atomic E-state index is 12.1. The van der Waals surface area contributed by atoms with E-state index in [0.717, 1.165) is 24.2 Å². The Morgan fingerprint density at radius 1 is 1.44 bits per heavy atom. The number of hydrogen-bond donors (Lipinski definition) is 1. The first-order chi connectivity index (χ1) is 8.79. The minimum absolute atomic E-state index is 0.0726. The van der Waals surface area contributed by atoms with Crippen LogP contribution in [0.2, 0.25) is 0 Å². The number of hydrogen-bond acceptors (Lipinski definition) is 3. The second kappa shape index (κ2) is 4.33. The minimum Gasteiger partial charge on any atom is -0.373 e. The third kappa shape index (κ3) is 1.92. The number of anilines is 1. The van der Waals surface area contributed by atoms with E-state index in [9.17, 15) is 4.79 Å². The molecule has 1 aliphatic carbocycles. The molecule has 0 radical (unpaired) electrons. The Labute approximate surface area is 105 Å². The summed E-state index contributed by atoms with van der Waals surface area (Å²) in [6, 6.07) is 4.30. The van der Waals surface area contributed by atoms with Crippen LogP contribution in [0, 0.1) is 0 Å². The molecule has 0 saturated heterocycles. The molecule has 0 atom stereocenters. The van der Waals surface area contributed by atoms with Crippen molar-refractivity contribution in [3.05, 3.63) is 46.8 Å². The second-order valence-electron chi connectivity index (χ2n) is 4.61. The van der Waals surface area contributed by atoms with Gasteiger partial charge < -0.3 is 5.32 Å². The summed E-state index contributed by atoms with van der Waals surface area (Å²) in [5.74, 6) is 0.823. The zero-order valence-electron chi connectivity index (χ0n) is 10.3. The van der Waals surface area contributed by atoms with E-state index < -0.39 is 0 Å². The number of aromatic nitrogens is 3. The molecule has 0 amide bonds. The molecule has 2 aromatic rings. The quantitative estimate of drug-likeness (QED) is 0.886. The normalized spacial score (nSPS) is 14.7. The molecule has 3 rings (SSSR count). The molecule has 1 N–H and O–H groups in total. The molecular weight excluding hydrogens is 228 g/mol. The Hall–Kier alpha value is -2.04. The molecule has 0 spiro atoms. The van der Waals surface area contributed by atoms with E-state index in [0.29, 0.717) is 12.6 Å². The van der Waals surface area contributed by atoms with E-state index in [-0.39, 0.29) is 5.69 Å². The van der Waals surface area contributed by atoms with Crippen LogP contribution in [0.4, 0.5) is 5.82 Å². The lowest BCUT2D eigenvalue weighted by Gasteiger charge is -2.07. The second-order valence-corrected chi connectivity index (χ2v) is 4.61. The van der Waals surface area contributed by atoms with E-state index in [1.54, 1.807) is 10.8 Å². The Kier molecular flexibility index (Phi) is 2.66. The molecule has 1 fully saturated rings. The molecule has 18 heavy (non-hydrogen) atoms. The molecular formula is C13H16N4O. The molecule has 0 aliphatic heterocycles. The van der Waals surface area contributed by atoms with Gasteiger partial charge in [-0.15, -0.1) is 0 Å². The third-order valence-corrected chi connectivity index (χ3v) is 3.28. The fourth-order valence-electron chi connectivity index (χ4n) is 2.15. The molecule has 1 saturated carbocycles. The smallest absolute Gasteiger partial charge is 0.328 e. The summed E-state index contributed by atoms with van der Waals surface area (Å²) in [6.07, 6.45) is 7.73. The largest absolute Gasteiger partial charge is 0.373 e. The molecule has 5 nitrogen and oxygen atoms in total. The first kappa shape index (κ1) is 11.1. The van der Waals surface area contributed by atoms with Gasteiger partial charge in [0.1, 0.15) is 5.82 Å². The van der Waals surface area contributed by atoms with Crippen LogP contribution in [-0.2, 0) is 6.54 Å². The highest BCUT2D eigenvalue weighted by molar-refractivity contribution is 5.42. The third-order valence-electron chi connectivity index (χ3n) is 3.28. The molecule has 2 heterocycles. The fourth-order valence-corrected chi connectivity index (χ4v) is 2.15. The summed E-state index contributed by atoms with van der Waals surface area (Å²) < 4.78 is 3.56. The Bertz CT molecular complexity index is 609. The van der Waals surface area contributed by atoms with Gasteiger partial charge in [0.05, 0.1) is 6.54 Å². The molecule has 94 valence electrons. The molecule has 0 bridgehead atoms. The number of pyridine rings is 1. The zero-order valence-corrected chi connectivity index (χ0v) is 10.3. The van der Waals surface area contributed by atoms with Crippen molar-refractivity contribution in [2.24, 2.45) is 0 Å². The van der Waals surface area contributed by atoms with Gasteiger partial charge in [-0.25, -0.2) is 9.78 Å². The van der Waals surface area contributed by atoms with Crippen molar-refractivity contribution in [3.63, 3.8) is 0 Å². The van der Waals surface area contributed by atoms with E-state index in [4.69, 9.17) is 0 Å². The van der Waals surface area contributed by atoms with Gasteiger partial charge in [-0.2, -0.15) is 0 Å². The number of rotatable bonds is 4. The minimum atomic E-state index is 0.0726. The van der Waals surface area contributed by atoms with Crippen LogP contribution in [0.15, 0.2) is 35.5 Å². The molecule has 1 aliphatic rings. The Morgan fingerprint density at radius 3 is 3.00 bits per heavy atom. The van der Waals surface area contributed by atoms with E-state index in [2.05, 4.69) is 10.3 Å².